The van der Waals surface area contributed by atoms with Gasteiger partial charge in [-0.25, -0.2) is 0 Å². The van der Waals surface area contributed by atoms with Gasteiger partial charge < -0.3 is 14.6 Å². The standard InChI is InChI=1S/C23H23ClO3/c1-23(2)26-14-21(27-23)22(25)18-9-10-20(24)19(13-18)12-15-7-8-16-5-3-4-6-17(16)11-15/h3-11,13,21-22,25H,12,14H2,1-2H3/t21-,22?/m1/s1. The van der Waals surface area contributed by atoms with Crippen molar-refractivity contribution in [2.24, 2.45) is 0 Å². The van der Waals surface area contributed by atoms with Crippen LogP contribution >= 0.6 is 11.6 Å². The summed E-state index contributed by atoms with van der Waals surface area (Å²) in [5.41, 5.74) is 2.96. The maximum absolute atomic E-state index is 10.7. The van der Waals surface area contributed by atoms with E-state index in [1.807, 2.05) is 44.2 Å². The second kappa shape index (κ2) is 7.25. The Morgan fingerprint density at radius 2 is 1.85 bits per heavy atom. The van der Waals surface area contributed by atoms with Crippen LogP contribution in [-0.4, -0.2) is 23.6 Å². The molecule has 0 bridgehead atoms. The van der Waals surface area contributed by atoms with E-state index in [-0.39, 0.29) is 6.10 Å². The van der Waals surface area contributed by atoms with Crippen molar-refractivity contribution in [3.05, 3.63) is 82.4 Å². The Labute approximate surface area is 164 Å². The molecule has 140 valence electrons. The molecule has 1 unspecified atom stereocenters. The number of rotatable bonds is 4. The predicted octanol–water partition coefficient (Wildman–Crippen LogP) is 5.27. The van der Waals surface area contributed by atoms with Gasteiger partial charge in [-0.2, -0.15) is 0 Å². The highest BCUT2D eigenvalue weighted by Gasteiger charge is 2.37. The number of benzene rings is 3. The number of hydrogen-bond donors (Lipinski definition) is 1. The fourth-order valence-electron chi connectivity index (χ4n) is 3.57. The third kappa shape index (κ3) is 4.02. The van der Waals surface area contributed by atoms with E-state index in [2.05, 4.69) is 30.3 Å². The van der Waals surface area contributed by atoms with Crippen molar-refractivity contribution < 1.29 is 14.6 Å². The molecule has 1 fully saturated rings. The molecular weight excluding hydrogens is 360 g/mol. The lowest BCUT2D eigenvalue weighted by Crippen LogP contribution is -2.25. The average molecular weight is 383 g/mol. The van der Waals surface area contributed by atoms with Crippen LogP contribution in [0.15, 0.2) is 60.7 Å². The van der Waals surface area contributed by atoms with Crippen molar-refractivity contribution in [1.82, 2.24) is 0 Å². The second-order valence-electron chi connectivity index (χ2n) is 7.52. The Kier molecular flexibility index (Phi) is 4.95. The Hall–Kier alpha value is -1.91. The summed E-state index contributed by atoms with van der Waals surface area (Å²) < 4.78 is 11.4. The van der Waals surface area contributed by atoms with E-state index < -0.39 is 11.9 Å². The fraction of sp³-hybridized carbons (Fsp3) is 0.304. The summed E-state index contributed by atoms with van der Waals surface area (Å²) in [5, 5.41) is 13.9. The molecule has 0 amide bonds. The summed E-state index contributed by atoms with van der Waals surface area (Å²) in [7, 11) is 0. The van der Waals surface area contributed by atoms with E-state index in [4.69, 9.17) is 21.1 Å². The Morgan fingerprint density at radius 1 is 1.07 bits per heavy atom. The summed E-state index contributed by atoms with van der Waals surface area (Å²) in [4.78, 5) is 0. The second-order valence-corrected chi connectivity index (χ2v) is 7.93. The smallest absolute Gasteiger partial charge is 0.163 e. The van der Waals surface area contributed by atoms with Crippen molar-refractivity contribution >= 4 is 22.4 Å². The summed E-state index contributed by atoms with van der Waals surface area (Å²) in [6.45, 7) is 4.08. The van der Waals surface area contributed by atoms with Crippen LogP contribution in [0.5, 0.6) is 0 Å². The van der Waals surface area contributed by atoms with Gasteiger partial charge in [0.05, 0.1) is 6.61 Å². The van der Waals surface area contributed by atoms with Gasteiger partial charge in [-0.3, -0.25) is 0 Å². The van der Waals surface area contributed by atoms with Crippen LogP contribution in [0.3, 0.4) is 0 Å². The molecule has 3 aromatic rings. The molecule has 1 N–H and O–H groups in total. The van der Waals surface area contributed by atoms with Gasteiger partial charge in [0.1, 0.15) is 12.2 Å². The van der Waals surface area contributed by atoms with Gasteiger partial charge >= 0.3 is 0 Å². The highest BCUT2D eigenvalue weighted by Crippen LogP contribution is 2.32. The minimum Gasteiger partial charge on any atom is -0.386 e. The predicted molar refractivity (Wildman–Crippen MR) is 108 cm³/mol. The molecule has 0 spiro atoms. The molecule has 4 heteroatoms. The first-order chi connectivity index (χ1) is 12.9. The van der Waals surface area contributed by atoms with Gasteiger partial charge in [0.25, 0.3) is 0 Å². The highest BCUT2D eigenvalue weighted by atomic mass is 35.5. The van der Waals surface area contributed by atoms with Crippen molar-refractivity contribution in [1.29, 1.82) is 0 Å². The normalized spacial score (nSPS) is 20.1. The van der Waals surface area contributed by atoms with Crippen LogP contribution < -0.4 is 0 Å². The summed E-state index contributed by atoms with van der Waals surface area (Å²) in [6, 6.07) is 20.4. The number of halogens is 1. The SMILES string of the molecule is CC1(C)OC[C@H](C(O)c2ccc(Cl)c(Cc3ccc4ccccc4c3)c2)O1. The van der Waals surface area contributed by atoms with Crippen LogP contribution in [0.25, 0.3) is 10.8 Å². The first kappa shape index (κ1) is 18.5. The quantitative estimate of drug-likeness (QED) is 0.668. The van der Waals surface area contributed by atoms with E-state index in [0.29, 0.717) is 18.1 Å². The number of ether oxygens (including phenoxy) is 2. The summed E-state index contributed by atoms with van der Waals surface area (Å²) >= 11 is 6.44. The van der Waals surface area contributed by atoms with E-state index in [1.54, 1.807) is 0 Å². The molecule has 0 radical (unpaired) electrons. The van der Waals surface area contributed by atoms with Gasteiger partial charge in [0, 0.05) is 5.02 Å². The average Bonchev–Trinajstić information content (AvgIpc) is 3.02. The molecule has 2 atom stereocenters. The molecule has 4 rings (SSSR count). The third-order valence-electron chi connectivity index (χ3n) is 5.00. The van der Waals surface area contributed by atoms with Crippen molar-refractivity contribution in [2.45, 2.75) is 38.3 Å². The van der Waals surface area contributed by atoms with Crippen LogP contribution in [0.4, 0.5) is 0 Å². The summed E-state index contributed by atoms with van der Waals surface area (Å²) in [5.74, 6) is -0.661. The molecule has 0 saturated carbocycles. The van der Waals surface area contributed by atoms with Gasteiger partial charge in [-0.15, -0.1) is 0 Å². The van der Waals surface area contributed by atoms with Crippen LogP contribution in [0.2, 0.25) is 5.02 Å². The maximum Gasteiger partial charge on any atom is 0.163 e. The largest absolute Gasteiger partial charge is 0.386 e. The maximum atomic E-state index is 10.7. The first-order valence-electron chi connectivity index (χ1n) is 9.17. The number of hydrogen-bond acceptors (Lipinski definition) is 3. The Morgan fingerprint density at radius 3 is 2.59 bits per heavy atom. The fourth-order valence-corrected chi connectivity index (χ4v) is 3.75. The van der Waals surface area contributed by atoms with Crippen molar-refractivity contribution in [2.75, 3.05) is 6.61 Å². The summed E-state index contributed by atoms with van der Waals surface area (Å²) in [6.07, 6.45) is -0.424. The van der Waals surface area contributed by atoms with E-state index >= 15 is 0 Å². The molecule has 0 aliphatic carbocycles. The minimum absolute atomic E-state index is 0.372. The lowest BCUT2D eigenvalue weighted by molar-refractivity contribution is -0.151. The van der Waals surface area contributed by atoms with E-state index in [1.165, 1.54) is 16.3 Å². The molecule has 1 saturated heterocycles. The number of aliphatic hydroxyl groups is 1. The molecule has 0 aromatic heterocycles. The minimum atomic E-state index is -0.751. The van der Waals surface area contributed by atoms with Crippen LogP contribution in [-0.2, 0) is 15.9 Å². The van der Waals surface area contributed by atoms with Crippen LogP contribution in [0.1, 0.15) is 36.6 Å². The zero-order chi connectivity index (χ0) is 19.0. The van der Waals surface area contributed by atoms with Gasteiger partial charge in [0.2, 0.25) is 0 Å². The number of aliphatic hydroxyl groups excluding tert-OH is 1. The first-order valence-corrected chi connectivity index (χ1v) is 9.55. The molecular formula is C23H23ClO3. The van der Waals surface area contributed by atoms with Gasteiger partial charge in [-0.1, -0.05) is 66.2 Å². The van der Waals surface area contributed by atoms with E-state index in [0.717, 1.165) is 11.1 Å². The lowest BCUT2D eigenvalue weighted by Gasteiger charge is -2.21. The van der Waals surface area contributed by atoms with E-state index in [9.17, 15) is 5.11 Å². The molecule has 3 nitrogen and oxygen atoms in total. The van der Waals surface area contributed by atoms with Crippen LogP contribution in [0, 0.1) is 0 Å². The third-order valence-corrected chi connectivity index (χ3v) is 5.37. The van der Waals surface area contributed by atoms with Crippen molar-refractivity contribution in [3.8, 4) is 0 Å². The number of fused-ring (bicyclic) bond motifs is 1. The zero-order valence-corrected chi connectivity index (χ0v) is 16.2. The Bertz CT molecular complexity index is 967. The topological polar surface area (TPSA) is 38.7 Å². The lowest BCUT2D eigenvalue weighted by atomic mass is 9.97. The van der Waals surface area contributed by atoms with Gasteiger partial charge in [0.15, 0.2) is 5.79 Å². The monoisotopic (exact) mass is 382 g/mol. The molecule has 27 heavy (non-hydrogen) atoms. The Balaban J connectivity index is 1.58. The molecule has 1 aliphatic rings. The van der Waals surface area contributed by atoms with Crippen molar-refractivity contribution in [3.63, 3.8) is 0 Å². The highest BCUT2D eigenvalue weighted by molar-refractivity contribution is 6.31. The molecule has 3 aromatic carbocycles. The molecule has 1 heterocycles. The zero-order valence-electron chi connectivity index (χ0n) is 15.5. The van der Waals surface area contributed by atoms with Gasteiger partial charge in [-0.05, 0) is 53.8 Å². The molecule has 1 aliphatic heterocycles.